The van der Waals surface area contributed by atoms with Gasteiger partial charge in [0.1, 0.15) is 29.8 Å². The van der Waals surface area contributed by atoms with Gasteiger partial charge < -0.3 is 14.2 Å². The Bertz CT molecular complexity index is 596. The molecule has 1 aromatic rings. The van der Waals surface area contributed by atoms with Crippen LogP contribution in [-0.4, -0.2) is 24.9 Å². The predicted octanol–water partition coefficient (Wildman–Crippen LogP) is 3.96. The van der Waals surface area contributed by atoms with Crippen LogP contribution < -0.4 is 9.47 Å². The maximum Gasteiger partial charge on any atom is 0.131 e. The molecule has 2 heterocycles. The van der Waals surface area contributed by atoms with Gasteiger partial charge in [-0.2, -0.15) is 0 Å². The number of rotatable bonds is 3. The highest BCUT2D eigenvalue weighted by atomic mass is 16.6. The van der Waals surface area contributed by atoms with E-state index in [1.54, 1.807) is 0 Å². The summed E-state index contributed by atoms with van der Waals surface area (Å²) in [5.41, 5.74) is 4.06. The molecule has 2 aliphatic heterocycles. The van der Waals surface area contributed by atoms with Gasteiger partial charge in [0.25, 0.3) is 0 Å². The van der Waals surface area contributed by atoms with E-state index < -0.39 is 0 Å². The van der Waals surface area contributed by atoms with Crippen molar-refractivity contribution in [1.29, 1.82) is 0 Å². The van der Waals surface area contributed by atoms with Crippen molar-refractivity contribution in [2.45, 2.75) is 51.2 Å². The molecule has 0 bridgehead atoms. The molecule has 0 amide bonds. The van der Waals surface area contributed by atoms with E-state index in [9.17, 15) is 0 Å². The van der Waals surface area contributed by atoms with Crippen LogP contribution in [0.15, 0.2) is 23.8 Å². The molecule has 3 nitrogen and oxygen atoms in total. The Morgan fingerprint density at radius 2 is 2.05 bits per heavy atom. The van der Waals surface area contributed by atoms with Crippen molar-refractivity contribution < 1.29 is 14.2 Å². The van der Waals surface area contributed by atoms with Crippen molar-refractivity contribution in [3.05, 3.63) is 29.3 Å². The number of allylic oxidation sites excluding steroid dienone is 1. The summed E-state index contributed by atoms with van der Waals surface area (Å²) in [5.74, 6) is 1.84. The Kier molecular flexibility index (Phi) is 3.00. The van der Waals surface area contributed by atoms with Gasteiger partial charge in [-0.3, -0.25) is 0 Å². The van der Waals surface area contributed by atoms with Gasteiger partial charge >= 0.3 is 0 Å². The Morgan fingerprint density at radius 3 is 2.86 bits per heavy atom. The fourth-order valence-electron chi connectivity index (χ4n) is 3.48. The molecule has 0 aromatic heterocycles. The molecule has 0 N–H and O–H groups in total. The lowest BCUT2D eigenvalue weighted by molar-refractivity contribution is 0.137. The molecule has 1 saturated heterocycles. The highest BCUT2D eigenvalue weighted by Crippen LogP contribution is 2.47. The molecule has 0 radical (unpaired) electrons. The summed E-state index contributed by atoms with van der Waals surface area (Å²) < 4.78 is 17.2. The molecule has 21 heavy (non-hydrogen) atoms. The van der Waals surface area contributed by atoms with Crippen molar-refractivity contribution in [1.82, 2.24) is 0 Å². The second-order valence-electron chi connectivity index (χ2n) is 6.70. The van der Waals surface area contributed by atoms with Gasteiger partial charge in [0.05, 0.1) is 6.61 Å². The van der Waals surface area contributed by atoms with E-state index in [1.807, 2.05) is 6.07 Å². The van der Waals surface area contributed by atoms with Crippen molar-refractivity contribution in [3.8, 4) is 11.5 Å². The van der Waals surface area contributed by atoms with E-state index in [0.717, 1.165) is 18.1 Å². The second-order valence-corrected chi connectivity index (χ2v) is 6.70. The first-order valence-corrected chi connectivity index (χ1v) is 7.94. The Balaban J connectivity index is 1.67. The summed E-state index contributed by atoms with van der Waals surface area (Å²) in [7, 11) is 0. The van der Waals surface area contributed by atoms with Crippen LogP contribution in [-0.2, 0) is 4.74 Å². The molecule has 1 aromatic carbocycles. The SMILES string of the molecule is CC1(C)Oc2cc(OCC3CO3)ccc2C2=C1CCCC2. The standard InChI is InChI=1S/C18H22O3/c1-18(2)16-6-4-3-5-14(16)15-8-7-12(9-17(15)21-18)19-10-13-11-20-13/h7-9,13H,3-6,10-11H2,1-2H3. The van der Waals surface area contributed by atoms with Crippen LogP contribution in [0.1, 0.15) is 45.1 Å². The molecule has 1 fully saturated rings. The number of hydrogen-bond donors (Lipinski definition) is 0. The van der Waals surface area contributed by atoms with Crippen molar-refractivity contribution in [2.24, 2.45) is 0 Å². The lowest BCUT2D eigenvalue weighted by Gasteiger charge is -2.39. The van der Waals surface area contributed by atoms with Gasteiger partial charge in [0, 0.05) is 11.6 Å². The fraction of sp³-hybridized carbons (Fsp3) is 0.556. The van der Waals surface area contributed by atoms with E-state index in [2.05, 4.69) is 26.0 Å². The molecule has 4 rings (SSSR count). The third kappa shape index (κ3) is 2.44. The summed E-state index contributed by atoms with van der Waals surface area (Å²) >= 11 is 0. The van der Waals surface area contributed by atoms with Gasteiger partial charge in [-0.05, 0) is 62.8 Å². The lowest BCUT2D eigenvalue weighted by atomic mass is 9.78. The van der Waals surface area contributed by atoms with Crippen molar-refractivity contribution in [2.75, 3.05) is 13.2 Å². The Morgan fingerprint density at radius 1 is 1.24 bits per heavy atom. The zero-order valence-corrected chi connectivity index (χ0v) is 12.8. The maximum absolute atomic E-state index is 6.28. The van der Waals surface area contributed by atoms with Gasteiger partial charge in [-0.1, -0.05) is 0 Å². The normalized spacial score (nSPS) is 25.7. The van der Waals surface area contributed by atoms with Crippen LogP contribution in [0.3, 0.4) is 0 Å². The average molecular weight is 286 g/mol. The Hall–Kier alpha value is -1.48. The summed E-state index contributed by atoms with van der Waals surface area (Å²) in [4.78, 5) is 0. The zero-order valence-electron chi connectivity index (χ0n) is 12.8. The first-order valence-electron chi connectivity index (χ1n) is 7.94. The molecular formula is C18H22O3. The molecule has 0 saturated carbocycles. The first kappa shape index (κ1) is 13.2. The van der Waals surface area contributed by atoms with Gasteiger partial charge in [0.2, 0.25) is 0 Å². The lowest BCUT2D eigenvalue weighted by Crippen LogP contribution is -2.35. The maximum atomic E-state index is 6.28. The quantitative estimate of drug-likeness (QED) is 0.788. The summed E-state index contributed by atoms with van der Waals surface area (Å²) in [6.07, 6.45) is 5.19. The molecule has 112 valence electrons. The van der Waals surface area contributed by atoms with E-state index in [0.29, 0.717) is 6.61 Å². The number of ether oxygens (including phenoxy) is 3. The van der Waals surface area contributed by atoms with Crippen LogP contribution in [0.5, 0.6) is 11.5 Å². The predicted molar refractivity (Wildman–Crippen MR) is 81.8 cm³/mol. The minimum atomic E-state index is -0.193. The first-order chi connectivity index (χ1) is 10.1. The van der Waals surface area contributed by atoms with E-state index in [1.165, 1.54) is 42.4 Å². The topological polar surface area (TPSA) is 31.0 Å². The Labute approximate surface area is 125 Å². The molecule has 0 spiro atoms. The van der Waals surface area contributed by atoms with E-state index in [-0.39, 0.29) is 11.7 Å². The van der Waals surface area contributed by atoms with E-state index >= 15 is 0 Å². The summed E-state index contributed by atoms with van der Waals surface area (Å²) in [6, 6.07) is 6.26. The fourth-order valence-corrected chi connectivity index (χ4v) is 3.48. The third-order valence-electron chi connectivity index (χ3n) is 4.68. The molecule has 1 atom stereocenters. The van der Waals surface area contributed by atoms with Gasteiger partial charge in [-0.15, -0.1) is 0 Å². The average Bonchev–Trinajstić information content (AvgIpc) is 3.29. The van der Waals surface area contributed by atoms with Crippen LogP contribution in [0.25, 0.3) is 5.57 Å². The summed E-state index contributed by atoms with van der Waals surface area (Å²) in [6.45, 7) is 5.82. The number of fused-ring (bicyclic) bond motifs is 2. The van der Waals surface area contributed by atoms with Gasteiger partial charge in [-0.25, -0.2) is 0 Å². The smallest absolute Gasteiger partial charge is 0.131 e. The number of hydrogen-bond acceptors (Lipinski definition) is 3. The molecule has 3 aliphatic rings. The zero-order chi connectivity index (χ0) is 14.4. The van der Waals surface area contributed by atoms with Crippen molar-refractivity contribution >= 4 is 5.57 Å². The van der Waals surface area contributed by atoms with Crippen LogP contribution >= 0.6 is 0 Å². The molecule has 1 aliphatic carbocycles. The van der Waals surface area contributed by atoms with Gasteiger partial charge in [0.15, 0.2) is 0 Å². The van der Waals surface area contributed by atoms with E-state index in [4.69, 9.17) is 14.2 Å². The summed E-state index contributed by atoms with van der Waals surface area (Å²) in [5, 5.41) is 0. The molecular weight excluding hydrogens is 264 g/mol. The number of epoxide rings is 1. The van der Waals surface area contributed by atoms with Crippen LogP contribution in [0.2, 0.25) is 0 Å². The highest BCUT2D eigenvalue weighted by Gasteiger charge is 2.35. The van der Waals surface area contributed by atoms with Crippen molar-refractivity contribution in [3.63, 3.8) is 0 Å². The monoisotopic (exact) mass is 286 g/mol. The van der Waals surface area contributed by atoms with Crippen LogP contribution in [0.4, 0.5) is 0 Å². The number of benzene rings is 1. The molecule has 3 heteroatoms. The minimum Gasteiger partial charge on any atom is -0.491 e. The van der Waals surface area contributed by atoms with Crippen LogP contribution in [0, 0.1) is 0 Å². The largest absolute Gasteiger partial charge is 0.491 e. The third-order valence-corrected chi connectivity index (χ3v) is 4.68. The second kappa shape index (κ2) is 4.77. The highest BCUT2D eigenvalue weighted by molar-refractivity contribution is 5.77. The minimum absolute atomic E-state index is 0.193. The molecule has 1 unspecified atom stereocenters.